The molecule has 1 heterocycles. The van der Waals surface area contributed by atoms with Gasteiger partial charge >= 0.3 is 12.1 Å². The molecule has 1 saturated heterocycles. The summed E-state index contributed by atoms with van der Waals surface area (Å²) in [6.07, 6.45) is -13.3. The summed E-state index contributed by atoms with van der Waals surface area (Å²) in [7, 11) is -6.20. The summed E-state index contributed by atoms with van der Waals surface area (Å²) in [6.45, 7) is 17.8. The third kappa shape index (κ3) is 13.2. The second kappa shape index (κ2) is 22.5. The van der Waals surface area contributed by atoms with E-state index in [-0.39, 0.29) is 25.5 Å². The van der Waals surface area contributed by atoms with Gasteiger partial charge in [-0.05, 0) is 68.9 Å². The molecule has 0 aromatic heterocycles. The van der Waals surface area contributed by atoms with E-state index in [1.54, 1.807) is 18.2 Å². The lowest BCUT2D eigenvalue weighted by molar-refractivity contribution is -0.309. The number of carbonyl (C=O) groups is 1. The number of nitrogens with zero attached hydrogens (tertiary/aromatic N) is 1. The van der Waals surface area contributed by atoms with E-state index in [4.69, 9.17) is 32.5 Å². The fourth-order valence-corrected chi connectivity index (χ4v) is 14.2. The number of para-hydroxylation sites is 1. The Morgan fingerprint density at radius 3 is 1.69 bits per heavy atom. The molecule has 5 aromatic rings. The summed E-state index contributed by atoms with van der Waals surface area (Å²) in [5.41, 5.74) is 1.61. The van der Waals surface area contributed by atoms with Gasteiger partial charge in [0, 0.05) is 11.4 Å². The van der Waals surface area contributed by atoms with Crippen molar-refractivity contribution in [2.24, 2.45) is 4.99 Å². The molecule has 1 fully saturated rings. The van der Waals surface area contributed by atoms with E-state index < -0.39 is 81.6 Å². The molecule has 364 valence electrons. The number of rotatable bonds is 17. The van der Waals surface area contributed by atoms with Gasteiger partial charge in [0.15, 0.2) is 14.4 Å². The lowest BCUT2D eigenvalue weighted by Gasteiger charge is -2.51. The number of aliphatic imine (C=N–C) groups is 1. The summed E-state index contributed by atoms with van der Waals surface area (Å²) in [5, 5.41) is 1.14. The molecule has 1 unspecified atom stereocenters. The SMILES string of the molecule is CC(=O)O[C@@H]1C(OC(=Nc2ccccc2)C(F)(F)F)O[C@H]([C@H](CO[Si](c2ccccc2)(c2ccccc2)C(C)(C)C)OCc2ccccc2)[C@@H](OCc2ccc(Br)cc2)[C@@H]1O[Si](C)(C)C(C)(C)C. The van der Waals surface area contributed by atoms with Crippen molar-refractivity contribution < 1.29 is 50.5 Å². The maximum Gasteiger partial charge on any atom is 0.468 e. The van der Waals surface area contributed by atoms with Gasteiger partial charge in [0.25, 0.3) is 14.2 Å². The Morgan fingerprint density at radius 1 is 0.676 bits per heavy atom. The van der Waals surface area contributed by atoms with E-state index >= 15 is 13.2 Å². The number of halogens is 4. The summed E-state index contributed by atoms with van der Waals surface area (Å²) in [4.78, 5) is 17.1. The van der Waals surface area contributed by atoms with E-state index in [0.717, 1.165) is 26.0 Å². The van der Waals surface area contributed by atoms with Crippen molar-refractivity contribution in [3.8, 4) is 0 Å². The number of hydrogen-bond acceptors (Lipinski definition) is 9. The van der Waals surface area contributed by atoms with Crippen molar-refractivity contribution in [3.05, 3.63) is 161 Å². The number of ether oxygens (including phenoxy) is 5. The Bertz CT molecular complexity index is 2340. The first-order chi connectivity index (χ1) is 32.1. The quantitative estimate of drug-likeness (QED) is 0.0393. The van der Waals surface area contributed by atoms with Gasteiger partial charge in [-0.15, -0.1) is 0 Å². The fraction of sp³-hybridized carbons (Fsp3) is 0.396. The van der Waals surface area contributed by atoms with Gasteiger partial charge in [0.2, 0.25) is 6.29 Å². The van der Waals surface area contributed by atoms with Crippen LogP contribution in [-0.4, -0.2) is 78.1 Å². The molecule has 0 saturated carbocycles. The van der Waals surface area contributed by atoms with E-state index in [9.17, 15) is 4.79 Å². The minimum Gasteiger partial charge on any atom is -0.453 e. The Hall–Kier alpha value is -4.46. The van der Waals surface area contributed by atoms with Crippen LogP contribution >= 0.6 is 15.9 Å². The smallest absolute Gasteiger partial charge is 0.453 e. The zero-order valence-electron chi connectivity index (χ0n) is 40.2. The molecule has 15 heteroatoms. The van der Waals surface area contributed by atoms with Gasteiger partial charge in [-0.2, -0.15) is 13.2 Å². The van der Waals surface area contributed by atoms with Crippen molar-refractivity contribution in [2.75, 3.05) is 6.61 Å². The Kier molecular flexibility index (Phi) is 17.5. The van der Waals surface area contributed by atoms with Crippen molar-refractivity contribution in [3.63, 3.8) is 0 Å². The van der Waals surface area contributed by atoms with Crippen LogP contribution < -0.4 is 10.4 Å². The van der Waals surface area contributed by atoms with Gasteiger partial charge in [-0.25, -0.2) is 4.99 Å². The molecule has 0 bridgehead atoms. The van der Waals surface area contributed by atoms with Crippen LogP contribution in [0.1, 0.15) is 59.6 Å². The molecule has 0 amide bonds. The summed E-state index contributed by atoms with van der Waals surface area (Å²) < 4.78 is 94.0. The van der Waals surface area contributed by atoms with E-state index in [2.05, 4.69) is 66.0 Å². The van der Waals surface area contributed by atoms with Crippen molar-refractivity contribution in [1.29, 1.82) is 0 Å². The predicted molar refractivity (Wildman–Crippen MR) is 268 cm³/mol. The Labute approximate surface area is 409 Å². The molecule has 1 aliphatic heterocycles. The first-order valence-electron chi connectivity index (χ1n) is 22.7. The van der Waals surface area contributed by atoms with Gasteiger partial charge in [0.1, 0.15) is 24.4 Å². The van der Waals surface area contributed by atoms with Crippen molar-refractivity contribution in [1.82, 2.24) is 0 Å². The highest BCUT2D eigenvalue weighted by Crippen LogP contribution is 2.43. The lowest BCUT2D eigenvalue weighted by Crippen LogP contribution is -2.69. The summed E-state index contributed by atoms with van der Waals surface area (Å²) >= 11 is 3.52. The largest absolute Gasteiger partial charge is 0.468 e. The molecule has 0 spiro atoms. The van der Waals surface area contributed by atoms with Gasteiger partial charge in [-0.1, -0.05) is 179 Å². The highest BCUT2D eigenvalue weighted by atomic mass is 79.9. The lowest BCUT2D eigenvalue weighted by atomic mass is 9.94. The number of carbonyl (C=O) groups excluding carboxylic acids is 1. The summed E-state index contributed by atoms with van der Waals surface area (Å²) in [6, 6.07) is 44.9. The molecule has 6 rings (SSSR count). The molecule has 0 radical (unpaired) electrons. The van der Waals surface area contributed by atoms with E-state index in [1.807, 2.05) is 125 Å². The molecule has 0 aliphatic carbocycles. The minimum atomic E-state index is -5.10. The zero-order valence-corrected chi connectivity index (χ0v) is 43.8. The van der Waals surface area contributed by atoms with Crippen LogP contribution in [0.5, 0.6) is 0 Å². The van der Waals surface area contributed by atoms with Gasteiger partial charge in [-0.3, -0.25) is 4.79 Å². The third-order valence-corrected chi connectivity index (χ3v) is 22.4. The Morgan fingerprint density at radius 2 is 1.19 bits per heavy atom. The van der Waals surface area contributed by atoms with Crippen LogP contribution in [0, 0.1) is 0 Å². The molecule has 6 atom stereocenters. The number of alkyl halides is 3. The number of benzene rings is 5. The van der Waals surface area contributed by atoms with Crippen LogP contribution in [0.15, 0.2) is 155 Å². The Balaban J connectivity index is 1.57. The highest BCUT2D eigenvalue weighted by Gasteiger charge is 2.58. The van der Waals surface area contributed by atoms with E-state index in [1.165, 1.54) is 19.1 Å². The van der Waals surface area contributed by atoms with Crippen LogP contribution in [0.2, 0.25) is 23.2 Å². The second-order valence-electron chi connectivity index (χ2n) is 19.5. The molecular weight excluding hydrogens is 972 g/mol. The molecule has 0 N–H and O–H groups in total. The summed E-state index contributed by atoms with van der Waals surface area (Å²) in [5.74, 6) is -2.39. The maximum atomic E-state index is 15.2. The zero-order chi connectivity index (χ0) is 49.3. The van der Waals surface area contributed by atoms with Crippen LogP contribution in [0.25, 0.3) is 0 Å². The molecular formula is C53H63BrF3NO8Si2. The minimum absolute atomic E-state index is 0.0104. The van der Waals surface area contributed by atoms with E-state index in [0.29, 0.717) is 0 Å². The maximum absolute atomic E-state index is 15.2. The van der Waals surface area contributed by atoms with Crippen LogP contribution in [0.4, 0.5) is 18.9 Å². The first kappa shape index (κ1) is 52.9. The molecule has 9 nitrogen and oxygen atoms in total. The number of hydrogen-bond donors (Lipinski definition) is 0. The number of esters is 1. The predicted octanol–water partition coefficient (Wildman–Crippen LogP) is 11.9. The topological polar surface area (TPSA) is 94.0 Å². The first-order valence-corrected chi connectivity index (χ1v) is 28.3. The average molecular weight is 1040 g/mol. The van der Waals surface area contributed by atoms with Gasteiger partial charge < -0.3 is 32.5 Å². The third-order valence-electron chi connectivity index (χ3n) is 12.4. The molecule has 1 aliphatic rings. The second-order valence-corrected chi connectivity index (χ2v) is 29.4. The normalized spacial score (nSPS) is 20.1. The van der Waals surface area contributed by atoms with Crippen molar-refractivity contribution >= 4 is 60.5 Å². The average Bonchev–Trinajstić information content (AvgIpc) is 3.28. The van der Waals surface area contributed by atoms with Crippen molar-refractivity contribution in [2.45, 2.75) is 128 Å². The molecule has 5 aromatic carbocycles. The highest BCUT2D eigenvalue weighted by molar-refractivity contribution is 9.10. The van der Waals surface area contributed by atoms with Crippen LogP contribution in [-0.2, 0) is 50.5 Å². The van der Waals surface area contributed by atoms with Crippen LogP contribution in [0.3, 0.4) is 0 Å². The molecule has 68 heavy (non-hydrogen) atoms. The standard InChI is InChI=1S/C53H63BrF3NO8Si2/c1-37(59)63-48-47(66-67(8,9)51(2,3)4)46(61-35-39-30-32-40(54)33-31-39)45(64-49(48)65-50(53(55,56)57)58-41-24-16-11-17-25-41)44(60-34-38-22-14-10-15-23-38)36-62-68(52(5,6)7,42-26-18-12-19-27-42)43-28-20-13-21-29-43/h10-33,44-49H,34-36H2,1-9H3/t44-,45+,46+,47-,48-,49?/m0/s1. The van der Waals surface area contributed by atoms with Gasteiger partial charge in [0.05, 0.1) is 25.5 Å². The fourth-order valence-electron chi connectivity index (χ4n) is 8.03. The monoisotopic (exact) mass is 1030 g/mol.